The molecule has 2 N–H and O–H groups in total. The fraction of sp³-hybridized carbons (Fsp3) is 0.346. The van der Waals surface area contributed by atoms with Crippen molar-refractivity contribution in [1.82, 2.24) is 29.7 Å². The van der Waals surface area contributed by atoms with Crippen LogP contribution < -0.4 is 10.1 Å². The molecule has 1 aromatic carbocycles. The molecule has 4 aromatic rings. The Kier molecular flexibility index (Phi) is 6.69. The Bertz CT molecular complexity index is 1210. The molecule has 1 aliphatic rings. The van der Waals surface area contributed by atoms with E-state index in [1.54, 1.807) is 19.6 Å². The van der Waals surface area contributed by atoms with Gasteiger partial charge in [-0.2, -0.15) is 0 Å². The molecule has 8 nitrogen and oxygen atoms in total. The van der Waals surface area contributed by atoms with Gasteiger partial charge >= 0.3 is 0 Å². The van der Waals surface area contributed by atoms with Gasteiger partial charge in [-0.15, -0.1) is 0 Å². The number of fused-ring (bicyclic) bond motifs is 1. The monoisotopic (exact) mass is 457 g/mol. The lowest BCUT2D eigenvalue weighted by Crippen LogP contribution is -2.45. The SMILES string of the molecule is CCN1CCN(Cc2ccc(-c3cc4c(NCc5ccc(OC)nc5)ncnc4[nH]3)cc2)CC1. The number of pyridine rings is 1. The number of likely N-dealkylation sites (N-methyl/N-ethyl adjacent to an activating group) is 1. The molecular formula is C26H31N7O. The Morgan fingerprint density at radius 2 is 1.71 bits per heavy atom. The predicted octanol–water partition coefficient (Wildman–Crippen LogP) is 3.78. The van der Waals surface area contributed by atoms with E-state index in [0.717, 1.165) is 72.9 Å². The molecule has 176 valence electrons. The largest absolute Gasteiger partial charge is 0.481 e. The third kappa shape index (κ3) is 5.03. The smallest absolute Gasteiger partial charge is 0.212 e. The summed E-state index contributed by atoms with van der Waals surface area (Å²) < 4.78 is 5.13. The average Bonchev–Trinajstić information content (AvgIpc) is 3.34. The minimum Gasteiger partial charge on any atom is -0.481 e. The molecule has 0 bridgehead atoms. The van der Waals surface area contributed by atoms with E-state index in [-0.39, 0.29) is 0 Å². The molecule has 34 heavy (non-hydrogen) atoms. The molecule has 1 aliphatic heterocycles. The standard InChI is InChI=1S/C26H31N7O/c1-3-32-10-12-33(13-11-32)17-19-4-7-21(8-5-19)23-14-22-25(29-18-30-26(22)31-23)28-16-20-6-9-24(34-2)27-15-20/h4-9,14-15,18H,3,10-13,16-17H2,1-2H3,(H2,28,29,30,31). The van der Waals surface area contributed by atoms with E-state index in [4.69, 9.17) is 4.74 Å². The number of nitrogens with zero attached hydrogens (tertiary/aromatic N) is 5. The van der Waals surface area contributed by atoms with Gasteiger partial charge in [-0.1, -0.05) is 37.3 Å². The summed E-state index contributed by atoms with van der Waals surface area (Å²) >= 11 is 0. The molecule has 8 heteroatoms. The molecule has 0 amide bonds. The number of aromatic amines is 1. The molecule has 1 fully saturated rings. The third-order valence-corrected chi connectivity index (χ3v) is 6.48. The van der Waals surface area contributed by atoms with Gasteiger partial charge in [0.2, 0.25) is 5.88 Å². The number of rotatable bonds is 8. The van der Waals surface area contributed by atoms with E-state index in [2.05, 4.69) is 72.3 Å². The van der Waals surface area contributed by atoms with Crippen molar-refractivity contribution in [1.29, 1.82) is 0 Å². The Morgan fingerprint density at radius 3 is 2.41 bits per heavy atom. The van der Waals surface area contributed by atoms with Gasteiger partial charge in [-0.25, -0.2) is 15.0 Å². The third-order valence-electron chi connectivity index (χ3n) is 6.48. The molecule has 0 radical (unpaired) electrons. The second-order valence-corrected chi connectivity index (χ2v) is 8.64. The van der Waals surface area contributed by atoms with E-state index >= 15 is 0 Å². The maximum absolute atomic E-state index is 5.13. The fourth-order valence-electron chi connectivity index (χ4n) is 4.37. The summed E-state index contributed by atoms with van der Waals surface area (Å²) in [4.78, 5) is 21.6. The summed E-state index contributed by atoms with van der Waals surface area (Å²) in [5, 5.41) is 4.38. The first kappa shape index (κ1) is 22.3. The summed E-state index contributed by atoms with van der Waals surface area (Å²) in [5.74, 6) is 1.40. The first-order valence-corrected chi connectivity index (χ1v) is 11.8. The maximum Gasteiger partial charge on any atom is 0.212 e. The highest BCUT2D eigenvalue weighted by molar-refractivity contribution is 5.91. The van der Waals surface area contributed by atoms with Crippen molar-refractivity contribution >= 4 is 16.9 Å². The van der Waals surface area contributed by atoms with E-state index in [0.29, 0.717) is 12.4 Å². The molecule has 1 saturated heterocycles. The van der Waals surface area contributed by atoms with E-state index in [9.17, 15) is 0 Å². The van der Waals surface area contributed by atoms with Crippen LogP contribution in [0.4, 0.5) is 5.82 Å². The molecule has 0 unspecified atom stereocenters. The highest BCUT2D eigenvalue weighted by Crippen LogP contribution is 2.27. The maximum atomic E-state index is 5.13. The van der Waals surface area contributed by atoms with Crippen molar-refractivity contribution in [2.75, 3.05) is 45.2 Å². The van der Waals surface area contributed by atoms with Crippen molar-refractivity contribution in [3.05, 3.63) is 66.1 Å². The fourth-order valence-corrected chi connectivity index (χ4v) is 4.37. The highest BCUT2D eigenvalue weighted by atomic mass is 16.5. The van der Waals surface area contributed by atoms with E-state index in [1.807, 2.05) is 12.1 Å². The first-order valence-electron chi connectivity index (χ1n) is 11.8. The van der Waals surface area contributed by atoms with Crippen LogP contribution in [0.3, 0.4) is 0 Å². The van der Waals surface area contributed by atoms with Gasteiger partial charge in [0.1, 0.15) is 17.8 Å². The first-order chi connectivity index (χ1) is 16.7. The summed E-state index contributed by atoms with van der Waals surface area (Å²) in [7, 11) is 1.61. The molecule has 0 saturated carbocycles. The minimum absolute atomic E-state index is 0.605. The van der Waals surface area contributed by atoms with Gasteiger partial charge in [0.25, 0.3) is 0 Å². The zero-order valence-corrected chi connectivity index (χ0v) is 19.8. The van der Waals surface area contributed by atoms with Crippen LogP contribution >= 0.6 is 0 Å². The Labute approximate surface area is 200 Å². The Hall–Kier alpha value is -3.49. The van der Waals surface area contributed by atoms with Crippen LogP contribution in [0.5, 0.6) is 5.88 Å². The van der Waals surface area contributed by atoms with Crippen LogP contribution in [0.1, 0.15) is 18.1 Å². The number of nitrogens with one attached hydrogen (secondary N) is 2. The van der Waals surface area contributed by atoms with Crippen LogP contribution in [-0.2, 0) is 13.1 Å². The second kappa shape index (κ2) is 10.2. The van der Waals surface area contributed by atoms with Crippen molar-refractivity contribution in [2.45, 2.75) is 20.0 Å². The number of H-pyrrole nitrogens is 1. The van der Waals surface area contributed by atoms with Gasteiger partial charge < -0.3 is 19.9 Å². The van der Waals surface area contributed by atoms with Crippen LogP contribution in [0, 0.1) is 0 Å². The number of ether oxygens (including phenoxy) is 1. The lowest BCUT2D eigenvalue weighted by molar-refractivity contribution is 0.132. The van der Waals surface area contributed by atoms with Gasteiger partial charge in [0, 0.05) is 57.2 Å². The number of hydrogen-bond acceptors (Lipinski definition) is 7. The second-order valence-electron chi connectivity index (χ2n) is 8.64. The van der Waals surface area contributed by atoms with Crippen LogP contribution in [0.15, 0.2) is 55.0 Å². The minimum atomic E-state index is 0.605. The highest BCUT2D eigenvalue weighted by Gasteiger charge is 2.15. The topological polar surface area (TPSA) is 82.2 Å². The van der Waals surface area contributed by atoms with E-state index in [1.165, 1.54) is 5.56 Å². The van der Waals surface area contributed by atoms with Gasteiger partial charge in [0.15, 0.2) is 0 Å². The molecule has 3 aromatic heterocycles. The number of hydrogen-bond donors (Lipinski definition) is 2. The summed E-state index contributed by atoms with van der Waals surface area (Å²) in [5.41, 5.74) is 5.39. The lowest BCUT2D eigenvalue weighted by Gasteiger charge is -2.34. The average molecular weight is 458 g/mol. The van der Waals surface area contributed by atoms with Crippen molar-refractivity contribution < 1.29 is 4.74 Å². The number of benzene rings is 1. The Balaban J connectivity index is 1.26. The van der Waals surface area contributed by atoms with Crippen LogP contribution in [0.25, 0.3) is 22.3 Å². The van der Waals surface area contributed by atoms with Crippen molar-refractivity contribution in [3.63, 3.8) is 0 Å². The molecule has 5 rings (SSSR count). The summed E-state index contributed by atoms with van der Waals surface area (Å²) in [6.45, 7) is 9.60. The number of methoxy groups -OCH3 is 1. The number of piperazine rings is 1. The lowest BCUT2D eigenvalue weighted by atomic mass is 10.1. The van der Waals surface area contributed by atoms with Crippen LogP contribution in [-0.4, -0.2) is 69.6 Å². The zero-order chi connectivity index (χ0) is 23.3. The predicted molar refractivity (Wildman–Crippen MR) is 135 cm³/mol. The summed E-state index contributed by atoms with van der Waals surface area (Å²) in [6, 6.07) is 14.8. The number of aromatic nitrogens is 4. The van der Waals surface area contributed by atoms with Gasteiger partial charge in [0.05, 0.1) is 12.5 Å². The number of anilines is 1. The molecule has 4 heterocycles. The molecular weight excluding hydrogens is 426 g/mol. The van der Waals surface area contributed by atoms with Gasteiger partial charge in [-0.3, -0.25) is 4.90 Å². The van der Waals surface area contributed by atoms with E-state index < -0.39 is 0 Å². The molecule has 0 atom stereocenters. The normalized spacial score (nSPS) is 15.0. The van der Waals surface area contributed by atoms with Crippen LogP contribution in [0.2, 0.25) is 0 Å². The Morgan fingerprint density at radius 1 is 0.941 bits per heavy atom. The van der Waals surface area contributed by atoms with Crippen molar-refractivity contribution in [2.24, 2.45) is 0 Å². The molecule has 0 aliphatic carbocycles. The van der Waals surface area contributed by atoms with Gasteiger partial charge in [-0.05, 0) is 29.3 Å². The zero-order valence-electron chi connectivity index (χ0n) is 19.8. The quantitative estimate of drug-likeness (QED) is 0.417. The molecule has 0 spiro atoms. The van der Waals surface area contributed by atoms with Crippen molar-refractivity contribution in [3.8, 4) is 17.1 Å². The summed E-state index contributed by atoms with van der Waals surface area (Å²) in [6.07, 6.45) is 3.39.